The van der Waals surface area contributed by atoms with E-state index in [0.29, 0.717) is 30.6 Å². The Balaban J connectivity index is 1.38. The van der Waals surface area contributed by atoms with Gasteiger partial charge >= 0.3 is 0 Å². The maximum absolute atomic E-state index is 12.5. The van der Waals surface area contributed by atoms with E-state index < -0.39 is 0 Å². The molecule has 2 aromatic rings. The molecular weight excluding hydrogens is 314 g/mol. The number of nitrogens with zero attached hydrogens (tertiary/aromatic N) is 2. The van der Waals surface area contributed by atoms with Crippen molar-refractivity contribution in [2.45, 2.75) is 38.5 Å². The summed E-state index contributed by atoms with van der Waals surface area (Å²) in [5.41, 5.74) is 2.56. The van der Waals surface area contributed by atoms with Gasteiger partial charge in [0.05, 0.1) is 17.9 Å². The van der Waals surface area contributed by atoms with Gasteiger partial charge in [-0.25, -0.2) is 9.97 Å². The zero-order valence-corrected chi connectivity index (χ0v) is 14.5. The van der Waals surface area contributed by atoms with Crippen molar-refractivity contribution in [3.8, 4) is 5.75 Å². The van der Waals surface area contributed by atoms with Crippen LogP contribution in [0.4, 0.5) is 0 Å². The number of carbonyl (C=O) groups excluding carboxylic acids is 1. The second-order valence-electron chi connectivity index (χ2n) is 7.03. The van der Waals surface area contributed by atoms with Crippen LogP contribution in [0.3, 0.4) is 0 Å². The molecular formula is C20H23N3O2. The molecule has 2 heterocycles. The maximum atomic E-state index is 12.5. The normalized spacial score (nSPS) is 19.5. The van der Waals surface area contributed by atoms with Gasteiger partial charge < -0.3 is 10.1 Å². The molecule has 1 aliphatic heterocycles. The summed E-state index contributed by atoms with van der Waals surface area (Å²) < 4.78 is 5.80. The second kappa shape index (κ2) is 6.82. The Morgan fingerprint density at radius 1 is 1.28 bits per heavy atom. The lowest BCUT2D eigenvalue weighted by molar-refractivity contribution is 0.0944. The van der Waals surface area contributed by atoms with Crippen LogP contribution in [0.2, 0.25) is 0 Å². The van der Waals surface area contributed by atoms with E-state index in [-0.39, 0.29) is 5.91 Å². The summed E-state index contributed by atoms with van der Waals surface area (Å²) in [6, 6.07) is 8.14. The molecule has 1 fully saturated rings. The molecule has 0 unspecified atom stereocenters. The van der Waals surface area contributed by atoms with Gasteiger partial charge in [-0.15, -0.1) is 0 Å². The number of hydrogen-bond donors (Lipinski definition) is 1. The van der Waals surface area contributed by atoms with Crippen molar-refractivity contribution in [2.24, 2.45) is 5.92 Å². The number of nitrogens with one attached hydrogen (secondary N) is 1. The van der Waals surface area contributed by atoms with E-state index in [2.05, 4.69) is 21.4 Å². The number of amides is 1. The molecule has 1 saturated carbocycles. The molecule has 1 aromatic heterocycles. The van der Waals surface area contributed by atoms with E-state index >= 15 is 0 Å². The number of rotatable bonds is 4. The predicted molar refractivity (Wildman–Crippen MR) is 94.8 cm³/mol. The van der Waals surface area contributed by atoms with Crippen LogP contribution in [0.5, 0.6) is 5.75 Å². The predicted octanol–water partition coefficient (Wildman–Crippen LogP) is 3.03. The number of fused-ring (bicyclic) bond motifs is 1. The molecule has 1 aliphatic carbocycles. The van der Waals surface area contributed by atoms with Crippen LogP contribution in [-0.4, -0.2) is 29.0 Å². The van der Waals surface area contributed by atoms with Crippen LogP contribution in [0.15, 0.2) is 30.5 Å². The van der Waals surface area contributed by atoms with Gasteiger partial charge in [0.1, 0.15) is 11.6 Å². The minimum Gasteiger partial charge on any atom is -0.493 e. The largest absolute Gasteiger partial charge is 0.493 e. The van der Waals surface area contributed by atoms with E-state index in [1.807, 2.05) is 25.1 Å². The first-order chi connectivity index (χ1) is 12.2. The molecule has 0 saturated heterocycles. The fourth-order valence-corrected chi connectivity index (χ4v) is 3.31. The van der Waals surface area contributed by atoms with Gasteiger partial charge in [0.2, 0.25) is 0 Å². The maximum Gasteiger partial charge on any atom is 0.254 e. The van der Waals surface area contributed by atoms with Gasteiger partial charge in [0, 0.05) is 18.7 Å². The lowest BCUT2D eigenvalue weighted by Gasteiger charge is -2.15. The Kier molecular flexibility index (Phi) is 4.38. The topological polar surface area (TPSA) is 64.1 Å². The highest BCUT2D eigenvalue weighted by molar-refractivity contribution is 5.94. The van der Waals surface area contributed by atoms with Crippen molar-refractivity contribution in [1.29, 1.82) is 0 Å². The number of para-hydroxylation sites is 1. The number of benzene rings is 1. The molecule has 4 rings (SSSR count). The third kappa shape index (κ3) is 3.65. The molecule has 0 radical (unpaired) electrons. The Morgan fingerprint density at radius 3 is 2.92 bits per heavy atom. The van der Waals surface area contributed by atoms with E-state index in [1.54, 1.807) is 6.20 Å². The van der Waals surface area contributed by atoms with E-state index in [1.165, 1.54) is 5.56 Å². The number of aromatic nitrogens is 2. The van der Waals surface area contributed by atoms with Crippen molar-refractivity contribution in [2.75, 3.05) is 13.2 Å². The standard InChI is InChI=1S/C20H23N3O2/c1-13-17(12-21-19(23-13)15-6-7-15)20(24)22-11-14-8-9-25-18-5-3-2-4-16(18)10-14/h2-5,12,14-15H,6-11H2,1H3,(H,22,24)/t14-/m0/s1. The lowest BCUT2D eigenvalue weighted by atomic mass is 9.97. The third-order valence-electron chi connectivity index (χ3n) is 5.00. The summed E-state index contributed by atoms with van der Waals surface area (Å²) in [5, 5.41) is 3.06. The summed E-state index contributed by atoms with van der Waals surface area (Å²) in [7, 11) is 0. The van der Waals surface area contributed by atoms with Crippen molar-refractivity contribution >= 4 is 5.91 Å². The molecule has 1 aromatic carbocycles. The van der Waals surface area contributed by atoms with Crippen LogP contribution < -0.4 is 10.1 Å². The lowest BCUT2D eigenvalue weighted by Crippen LogP contribution is -2.31. The Labute approximate surface area is 147 Å². The molecule has 2 aliphatic rings. The summed E-state index contributed by atoms with van der Waals surface area (Å²) >= 11 is 0. The van der Waals surface area contributed by atoms with Crippen molar-refractivity contribution in [3.05, 3.63) is 53.1 Å². The van der Waals surface area contributed by atoms with Crippen LogP contribution in [0, 0.1) is 12.8 Å². The highest BCUT2D eigenvalue weighted by atomic mass is 16.5. The van der Waals surface area contributed by atoms with E-state index in [4.69, 9.17) is 4.74 Å². The van der Waals surface area contributed by atoms with Gasteiger partial charge in [-0.1, -0.05) is 18.2 Å². The Hall–Kier alpha value is -2.43. The molecule has 5 nitrogen and oxygen atoms in total. The SMILES string of the molecule is Cc1nc(C2CC2)ncc1C(=O)NC[C@H]1CCOc2ccccc2C1. The Bertz CT molecular complexity index is 786. The molecule has 0 bridgehead atoms. The second-order valence-corrected chi connectivity index (χ2v) is 7.03. The fraction of sp³-hybridized carbons (Fsp3) is 0.450. The number of aryl methyl sites for hydroxylation is 1. The molecule has 1 N–H and O–H groups in total. The number of ether oxygens (including phenoxy) is 1. The smallest absolute Gasteiger partial charge is 0.254 e. The van der Waals surface area contributed by atoms with E-state index in [9.17, 15) is 4.79 Å². The van der Waals surface area contributed by atoms with Crippen LogP contribution in [-0.2, 0) is 6.42 Å². The zero-order chi connectivity index (χ0) is 17.2. The summed E-state index contributed by atoms with van der Waals surface area (Å²) in [4.78, 5) is 21.4. The van der Waals surface area contributed by atoms with Crippen molar-refractivity contribution < 1.29 is 9.53 Å². The van der Waals surface area contributed by atoms with Crippen molar-refractivity contribution in [1.82, 2.24) is 15.3 Å². The number of hydrogen-bond acceptors (Lipinski definition) is 4. The first-order valence-electron chi connectivity index (χ1n) is 9.03. The molecule has 0 spiro atoms. The zero-order valence-electron chi connectivity index (χ0n) is 14.5. The molecule has 1 amide bonds. The van der Waals surface area contributed by atoms with E-state index in [0.717, 1.165) is 43.0 Å². The van der Waals surface area contributed by atoms with Crippen molar-refractivity contribution in [3.63, 3.8) is 0 Å². The molecule has 25 heavy (non-hydrogen) atoms. The highest BCUT2D eigenvalue weighted by Gasteiger charge is 2.27. The minimum absolute atomic E-state index is 0.0849. The van der Waals surface area contributed by atoms with Gasteiger partial charge in [0.15, 0.2) is 0 Å². The molecule has 130 valence electrons. The average molecular weight is 337 g/mol. The van der Waals surface area contributed by atoms with Gasteiger partial charge in [-0.3, -0.25) is 4.79 Å². The van der Waals surface area contributed by atoms with Gasteiger partial charge in [-0.05, 0) is 50.2 Å². The number of carbonyl (C=O) groups is 1. The van der Waals surface area contributed by atoms with Crippen LogP contribution in [0.1, 0.15) is 52.6 Å². The summed E-state index contributed by atoms with van der Waals surface area (Å²) in [5.74, 6) is 2.64. The molecule has 1 atom stereocenters. The fourth-order valence-electron chi connectivity index (χ4n) is 3.31. The van der Waals surface area contributed by atoms with Gasteiger partial charge in [-0.2, -0.15) is 0 Å². The highest BCUT2D eigenvalue weighted by Crippen LogP contribution is 2.37. The first-order valence-corrected chi connectivity index (χ1v) is 9.03. The average Bonchev–Trinajstić information content (AvgIpc) is 3.46. The Morgan fingerprint density at radius 2 is 2.12 bits per heavy atom. The van der Waals surface area contributed by atoms with Crippen LogP contribution in [0.25, 0.3) is 0 Å². The van der Waals surface area contributed by atoms with Crippen LogP contribution >= 0.6 is 0 Å². The minimum atomic E-state index is -0.0849. The first kappa shape index (κ1) is 16.1. The quantitative estimate of drug-likeness (QED) is 0.931. The summed E-state index contributed by atoms with van der Waals surface area (Å²) in [6.45, 7) is 3.22. The summed E-state index contributed by atoms with van der Waals surface area (Å²) in [6.07, 6.45) is 5.86. The van der Waals surface area contributed by atoms with Gasteiger partial charge in [0.25, 0.3) is 5.91 Å². The third-order valence-corrected chi connectivity index (χ3v) is 5.00. The molecule has 5 heteroatoms. The monoisotopic (exact) mass is 337 g/mol.